The monoisotopic (exact) mass is 172 g/mol. The summed E-state index contributed by atoms with van der Waals surface area (Å²) in [5.74, 6) is 0. The molecule has 0 atom stereocenters. The molecule has 0 heterocycles. The van der Waals surface area contributed by atoms with Crippen molar-refractivity contribution < 1.29 is 0 Å². The molecular formula is C7H9Br. The lowest BCUT2D eigenvalue weighted by Gasteiger charge is -1.89. The lowest BCUT2D eigenvalue weighted by molar-refractivity contribution is 1.18. The van der Waals surface area contributed by atoms with Gasteiger partial charge >= 0.3 is 0 Å². The predicted octanol–water partition coefficient (Wildman–Crippen LogP) is 2.66. The van der Waals surface area contributed by atoms with Crippen molar-refractivity contribution >= 4 is 15.9 Å². The van der Waals surface area contributed by atoms with Gasteiger partial charge in [-0.1, -0.05) is 39.7 Å². The Bertz CT molecular complexity index is 122. The topological polar surface area (TPSA) is 0 Å². The van der Waals surface area contributed by atoms with Gasteiger partial charge in [0.05, 0.1) is 0 Å². The molecule has 1 rings (SSSR count). The van der Waals surface area contributed by atoms with Crippen molar-refractivity contribution in [2.24, 2.45) is 0 Å². The van der Waals surface area contributed by atoms with Gasteiger partial charge in [0.15, 0.2) is 0 Å². The third-order valence-corrected chi connectivity index (χ3v) is 1.63. The van der Waals surface area contributed by atoms with Crippen LogP contribution in [0.4, 0.5) is 0 Å². The van der Waals surface area contributed by atoms with Crippen LogP contribution >= 0.6 is 15.9 Å². The van der Waals surface area contributed by atoms with E-state index in [1.54, 1.807) is 0 Å². The Labute approximate surface area is 58.4 Å². The van der Waals surface area contributed by atoms with Crippen molar-refractivity contribution in [3.05, 3.63) is 23.8 Å². The highest BCUT2D eigenvalue weighted by Crippen LogP contribution is 2.12. The molecule has 1 aliphatic carbocycles. The number of rotatable bonds is 2. The summed E-state index contributed by atoms with van der Waals surface area (Å²) in [5.41, 5.74) is 1.47. The van der Waals surface area contributed by atoms with Crippen LogP contribution < -0.4 is 0 Å². The first kappa shape index (κ1) is 6.09. The molecule has 44 valence electrons. The van der Waals surface area contributed by atoms with Crippen molar-refractivity contribution in [1.29, 1.82) is 0 Å². The van der Waals surface area contributed by atoms with Crippen molar-refractivity contribution in [2.75, 3.05) is 5.33 Å². The van der Waals surface area contributed by atoms with Crippen LogP contribution in [0.3, 0.4) is 0 Å². The molecule has 0 nitrogen and oxygen atoms in total. The smallest absolute Gasteiger partial charge is 0.00716 e. The zero-order chi connectivity index (χ0) is 5.82. The first-order valence-corrected chi connectivity index (χ1v) is 3.97. The minimum Gasteiger partial charge on any atom is -0.0924 e. The van der Waals surface area contributed by atoms with E-state index in [0.717, 1.165) is 11.8 Å². The maximum Gasteiger partial charge on any atom is 0.00716 e. The minimum atomic E-state index is 1.09. The lowest BCUT2D eigenvalue weighted by Crippen LogP contribution is -1.74. The molecule has 0 saturated carbocycles. The fourth-order valence-electron chi connectivity index (χ4n) is 0.801. The molecule has 0 aromatic rings. The second kappa shape index (κ2) is 3.08. The van der Waals surface area contributed by atoms with E-state index in [2.05, 4.69) is 34.2 Å². The quantitative estimate of drug-likeness (QED) is 0.563. The van der Waals surface area contributed by atoms with Gasteiger partial charge in [-0.3, -0.25) is 0 Å². The molecule has 1 aliphatic rings. The highest BCUT2D eigenvalue weighted by atomic mass is 79.9. The van der Waals surface area contributed by atoms with Crippen molar-refractivity contribution in [3.8, 4) is 0 Å². The summed E-state index contributed by atoms with van der Waals surface area (Å²) in [6, 6.07) is 0. The van der Waals surface area contributed by atoms with E-state index in [4.69, 9.17) is 0 Å². The second-order valence-electron chi connectivity index (χ2n) is 1.86. The molecule has 0 spiro atoms. The maximum atomic E-state index is 3.38. The second-order valence-corrected chi connectivity index (χ2v) is 2.65. The van der Waals surface area contributed by atoms with E-state index in [0.29, 0.717) is 0 Å². The van der Waals surface area contributed by atoms with Gasteiger partial charge in [0.1, 0.15) is 0 Å². The van der Waals surface area contributed by atoms with Crippen LogP contribution in [-0.2, 0) is 0 Å². The molecule has 0 aromatic carbocycles. The van der Waals surface area contributed by atoms with E-state index in [9.17, 15) is 0 Å². The molecule has 8 heavy (non-hydrogen) atoms. The minimum absolute atomic E-state index is 1.09. The van der Waals surface area contributed by atoms with E-state index in [-0.39, 0.29) is 0 Å². The molecule has 0 radical (unpaired) electrons. The van der Waals surface area contributed by atoms with Gasteiger partial charge in [-0.2, -0.15) is 0 Å². The number of alkyl halides is 1. The average Bonchev–Trinajstić information content (AvgIpc) is 2.19. The third kappa shape index (κ3) is 1.48. The van der Waals surface area contributed by atoms with Crippen molar-refractivity contribution in [2.45, 2.75) is 12.8 Å². The van der Waals surface area contributed by atoms with Gasteiger partial charge in [-0.25, -0.2) is 0 Å². The number of hydrogen-bond acceptors (Lipinski definition) is 0. The summed E-state index contributed by atoms with van der Waals surface area (Å²) >= 11 is 3.38. The molecular weight excluding hydrogens is 164 g/mol. The van der Waals surface area contributed by atoms with Crippen LogP contribution in [0, 0.1) is 0 Å². The number of allylic oxidation sites excluding steroid dienone is 4. The Morgan fingerprint density at radius 3 is 3.00 bits per heavy atom. The van der Waals surface area contributed by atoms with Crippen LogP contribution in [0.2, 0.25) is 0 Å². The van der Waals surface area contributed by atoms with Gasteiger partial charge in [-0.05, 0) is 12.8 Å². The molecule has 0 fully saturated rings. The van der Waals surface area contributed by atoms with Crippen molar-refractivity contribution in [1.82, 2.24) is 0 Å². The normalized spacial score (nSPS) is 16.9. The molecule has 0 amide bonds. The van der Waals surface area contributed by atoms with Gasteiger partial charge in [0.2, 0.25) is 0 Å². The lowest BCUT2D eigenvalue weighted by atomic mass is 10.2. The molecule has 0 N–H and O–H groups in total. The largest absolute Gasteiger partial charge is 0.0924 e. The summed E-state index contributed by atoms with van der Waals surface area (Å²) in [6.07, 6.45) is 8.97. The summed E-state index contributed by atoms with van der Waals surface area (Å²) in [4.78, 5) is 0. The van der Waals surface area contributed by atoms with Crippen LogP contribution in [0.1, 0.15) is 12.8 Å². The van der Waals surface area contributed by atoms with E-state index in [1.165, 1.54) is 12.0 Å². The van der Waals surface area contributed by atoms with Gasteiger partial charge in [-0.15, -0.1) is 0 Å². The Morgan fingerprint density at radius 2 is 2.50 bits per heavy atom. The van der Waals surface area contributed by atoms with Crippen LogP contribution in [0.15, 0.2) is 23.8 Å². The molecule has 0 saturated heterocycles. The summed E-state index contributed by atoms with van der Waals surface area (Å²) < 4.78 is 0. The molecule has 0 unspecified atom stereocenters. The molecule has 0 aliphatic heterocycles. The van der Waals surface area contributed by atoms with Crippen LogP contribution in [0.5, 0.6) is 0 Å². The van der Waals surface area contributed by atoms with E-state index < -0.39 is 0 Å². The summed E-state index contributed by atoms with van der Waals surface area (Å²) in [5, 5.41) is 1.09. The fourth-order valence-corrected chi connectivity index (χ4v) is 1.26. The molecule has 0 bridgehead atoms. The maximum absolute atomic E-state index is 3.38. The fraction of sp³-hybridized carbons (Fsp3) is 0.429. The predicted molar refractivity (Wildman–Crippen MR) is 40.3 cm³/mol. The molecule has 0 aromatic heterocycles. The Balaban J connectivity index is 2.34. The number of halogens is 1. The Morgan fingerprint density at radius 1 is 1.62 bits per heavy atom. The SMILES string of the molecule is BrCCC1=CCC=C1. The highest BCUT2D eigenvalue weighted by Gasteiger charge is 1.93. The summed E-state index contributed by atoms with van der Waals surface area (Å²) in [6.45, 7) is 0. The Hall–Kier alpha value is -0.0400. The molecule has 1 heteroatoms. The zero-order valence-electron chi connectivity index (χ0n) is 4.73. The third-order valence-electron chi connectivity index (χ3n) is 1.23. The van der Waals surface area contributed by atoms with Gasteiger partial charge < -0.3 is 0 Å². The standard InChI is InChI=1S/C7H9Br/c8-6-5-7-3-1-2-4-7/h1,3-4H,2,5-6H2. The highest BCUT2D eigenvalue weighted by molar-refractivity contribution is 9.09. The first-order valence-electron chi connectivity index (χ1n) is 2.85. The first-order chi connectivity index (χ1) is 3.93. The van der Waals surface area contributed by atoms with E-state index in [1.807, 2.05) is 0 Å². The van der Waals surface area contributed by atoms with Gasteiger partial charge in [0, 0.05) is 5.33 Å². The van der Waals surface area contributed by atoms with Gasteiger partial charge in [0.25, 0.3) is 0 Å². The van der Waals surface area contributed by atoms with Crippen molar-refractivity contribution in [3.63, 3.8) is 0 Å². The van der Waals surface area contributed by atoms with Crippen LogP contribution in [-0.4, -0.2) is 5.33 Å². The Kier molecular flexibility index (Phi) is 2.34. The number of hydrogen-bond donors (Lipinski definition) is 0. The average molecular weight is 173 g/mol. The van der Waals surface area contributed by atoms with E-state index >= 15 is 0 Å². The summed E-state index contributed by atoms with van der Waals surface area (Å²) in [7, 11) is 0. The van der Waals surface area contributed by atoms with Crippen LogP contribution in [0.25, 0.3) is 0 Å². The zero-order valence-corrected chi connectivity index (χ0v) is 6.32.